The van der Waals surface area contributed by atoms with Crippen molar-refractivity contribution in [2.75, 3.05) is 0 Å². The van der Waals surface area contributed by atoms with Gasteiger partial charge in [-0.25, -0.2) is 9.48 Å². The zero-order valence-corrected chi connectivity index (χ0v) is 20.2. The summed E-state index contributed by atoms with van der Waals surface area (Å²) in [5.41, 5.74) is 6.43. The smallest absolute Gasteiger partial charge is 0.229 e. The van der Waals surface area contributed by atoms with Crippen molar-refractivity contribution in [2.45, 2.75) is 65.8 Å². The number of carbonyl (C=O) groups excluding carboxylic acids is 2. The van der Waals surface area contributed by atoms with Gasteiger partial charge in [-0.15, -0.1) is 0 Å². The van der Waals surface area contributed by atoms with Crippen molar-refractivity contribution in [3.05, 3.63) is 82.6 Å². The van der Waals surface area contributed by atoms with E-state index in [0.29, 0.717) is 23.7 Å². The molecule has 5 heteroatoms. The lowest BCUT2D eigenvalue weighted by molar-refractivity contribution is 0.103. The van der Waals surface area contributed by atoms with Crippen LogP contribution >= 0.6 is 0 Å². The van der Waals surface area contributed by atoms with E-state index in [9.17, 15) is 4.79 Å². The van der Waals surface area contributed by atoms with Crippen molar-refractivity contribution < 1.29 is 14.3 Å². The molecule has 0 radical (unpaired) electrons. The topological polar surface area (TPSA) is 61.2 Å². The summed E-state index contributed by atoms with van der Waals surface area (Å²) in [4.78, 5) is 22.3. The van der Waals surface area contributed by atoms with Crippen LogP contribution in [0.4, 0.5) is 0 Å². The minimum atomic E-state index is -0.0228. The Morgan fingerprint density at radius 3 is 2.52 bits per heavy atom. The summed E-state index contributed by atoms with van der Waals surface area (Å²) in [5.74, 6) is 2.43. The molecule has 0 spiro atoms. The summed E-state index contributed by atoms with van der Waals surface area (Å²) in [6.07, 6.45) is 5.08. The van der Waals surface area contributed by atoms with Crippen molar-refractivity contribution in [1.29, 1.82) is 0 Å². The van der Waals surface area contributed by atoms with E-state index in [1.165, 1.54) is 29.1 Å². The molecule has 0 aliphatic heterocycles. The van der Waals surface area contributed by atoms with Gasteiger partial charge in [0.15, 0.2) is 5.78 Å². The molecule has 172 valence electrons. The van der Waals surface area contributed by atoms with Crippen molar-refractivity contribution in [3.63, 3.8) is 0 Å². The highest BCUT2D eigenvalue weighted by atomic mass is 16.5. The van der Waals surface area contributed by atoms with Crippen LogP contribution in [0.1, 0.15) is 71.8 Å². The highest BCUT2D eigenvalue weighted by Gasteiger charge is 2.33. The van der Waals surface area contributed by atoms with Crippen molar-refractivity contribution in [2.24, 2.45) is 0 Å². The largest absolute Gasteiger partial charge is 0.439 e. The molecule has 4 rings (SSSR count). The number of carbonyl (C=O) groups is 1. The summed E-state index contributed by atoms with van der Waals surface area (Å²) >= 11 is 0. The Labute approximate surface area is 196 Å². The summed E-state index contributed by atoms with van der Waals surface area (Å²) in [7, 11) is 0. The molecule has 0 unspecified atom stereocenters. The summed E-state index contributed by atoms with van der Waals surface area (Å²) in [5, 5.41) is 4.42. The SMILES string of the molecule is C=C=O.CCn1ncc(C(=O)c2cc(C)c3c(c2C)C(C)(C)CCC3)c1Oc1ccccc1. The molecule has 3 aromatic rings. The van der Waals surface area contributed by atoms with Gasteiger partial charge in [-0.2, -0.15) is 5.10 Å². The van der Waals surface area contributed by atoms with Crippen molar-refractivity contribution >= 4 is 11.7 Å². The first-order valence-electron chi connectivity index (χ1n) is 11.4. The zero-order valence-electron chi connectivity index (χ0n) is 20.2. The lowest BCUT2D eigenvalue weighted by Crippen LogP contribution is -2.27. The Morgan fingerprint density at radius 2 is 1.88 bits per heavy atom. The first-order valence-corrected chi connectivity index (χ1v) is 11.4. The fourth-order valence-corrected chi connectivity index (χ4v) is 4.88. The van der Waals surface area contributed by atoms with Crippen LogP contribution in [0.25, 0.3) is 0 Å². The monoisotopic (exact) mass is 444 g/mol. The Hall–Kier alpha value is -3.43. The van der Waals surface area contributed by atoms with Gasteiger partial charge in [-0.05, 0) is 92.5 Å². The highest BCUT2D eigenvalue weighted by Crippen LogP contribution is 2.42. The maximum absolute atomic E-state index is 13.7. The van der Waals surface area contributed by atoms with E-state index >= 15 is 0 Å². The zero-order chi connectivity index (χ0) is 24.2. The van der Waals surface area contributed by atoms with E-state index in [2.05, 4.69) is 45.4 Å². The van der Waals surface area contributed by atoms with Crippen LogP contribution in [-0.4, -0.2) is 21.5 Å². The van der Waals surface area contributed by atoms with Crippen molar-refractivity contribution in [1.82, 2.24) is 9.78 Å². The van der Waals surface area contributed by atoms with E-state index in [-0.39, 0.29) is 11.2 Å². The normalized spacial score (nSPS) is 13.8. The van der Waals surface area contributed by atoms with Gasteiger partial charge in [-0.1, -0.05) is 32.0 Å². The predicted molar refractivity (Wildman–Crippen MR) is 131 cm³/mol. The van der Waals surface area contributed by atoms with Gasteiger partial charge in [0.2, 0.25) is 5.88 Å². The van der Waals surface area contributed by atoms with Crippen LogP contribution in [0, 0.1) is 13.8 Å². The molecule has 0 fully saturated rings. The standard InChI is InChI=1S/C26H30N2O2.C2H2O/c1-6-28-25(30-19-11-8-7-9-12-19)22(16-27-28)24(29)21-15-17(2)20-13-10-14-26(4,5)23(20)18(21)3;1-2-3/h7-9,11-12,15-16H,6,10,13-14H2,1-5H3;1H2. The molecular formula is C28H32N2O3. The average Bonchev–Trinajstić information content (AvgIpc) is 3.18. The van der Waals surface area contributed by atoms with E-state index in [0.717, 1.165) is 24.0 Å². The minimum absolute atomic E-state index is 0.0228. The number of ether oxygens (including phenoxy) is 1. The molecule has 1 heterocycles. The van der Waals surface area contributed by atoms with Gasteiger partial charge < -0.3 is 4.74 Å². The maximum atomic E-state index is 13.7. The van der Waals surface area contributed by atoms with Gasteiger partial charge in [-0.3, -0.25) is 4.79 Å². The van der Waals surface area contributed by atoms with E-state index in [1.807, 2.05) is 37.3 Å². The van der Waals surface area contributed by atoms with Gasteiger partial charge >= 0.3 is 0 Å². The number of fused-ring (bicyclic) bond motifs is 1. The third-order valence-corrected chi connectivity index (χ3v) is 6.36. The molecule has 1 aromatic heterocycles. The Morgan fingerprint density at radius 1 is 1.21 bits per heavy atom. The van der Waals surface area contributed by atoms with Gasteiger partial charge in [0.25, 0.3) is 0 Å². The fraction of sp³-hybridized carbons (Fsp3) is 0.357. The summed E-state index contributed by atoms with van der Waals surface area (Å²) in [6.45, 7) is 14.1. The van der Waals surface area contributed by atoms with Crippen LogP contribution in [0.15, 0.2) is 49.2 Å². The summed E-state index contributed by atoms with van der Waals surface area (Å²) < 4.78 is 7.86. The van der Waals surface area contributed by atoms with Crippen molar-refractivity contribution in [3.8, 4) is 11.6 Å². The number of benzene rings is 2. The van der Waals surface area contributed by atoms with Gasteiger partial charge in [0.05, 0.1) is 6.20 Å². The second kappa shape index (κ2) is 10.0. The number of hydrogen-bond acceptors (Lipinski definition) is 4. The molecule has 0 bridgehead atoms. The number of para-hydroxylation sites is 1. The number of aryl methyl sites for hydroxylation is 2. The molecule has 5 nitrogen and oxygen atoms in total. The summed E-state index contributed by atoms with van der Waals surface area (Å²) in [6, 6.07) is 11.6. The molecule has 0 amide bonds. The number of rotatable bonds is 5. The van der Waals surface area contributed by atoms with Crippen LogP contribution in [0.5, 0.6) is 11.6 Å². The van der Waals surface area contributed by atoms with E-state index in [4.69, 9.17) is 9.53 Å². The molecule has 0 atom stereocenters. The molecule has 0 saturated heterocycles. The minimum Gasteiger partial charge on any atom is -0.439 e. The number of nitrogens with zero attached hydrogens (tertiary/aromatic N) is 2. The molecule has 1 aliphatic rings. The second-order valence-electron chi connectivity index (χ2n) is 9.02. The second-order valence-corrected chi connectivity index (χ2v) is 9.02. The molecule has 0 N–H and O–H groups in total. The van der Waals surface area contributed by atoms with E-state index < -0.39 is 0 Å². The van der Waals surface area contributed by atoms with Gasteiger partial charge in [0, 0.05) is 12.1 Å². The van der Waals surface area contributed by atoms with E-state index in [1.54, 1.807) is 10.9 Å². The number of hydrogen-bond donors (Lipinski definition) is 0. The predicted octanol–water partition coefficient (Wildman–Crippen LogP) is 6.16. The molecule has 33 heavy (non-hydrogen) atoms. The van der Waals surface area contributed by atoms with Crippen LogP contribution < -0.4 is 4.74 Å². The average molecular weight is 445 g/mol. The van der Waals surface area contributed by atoms with Crippen LogP contribution in [0.3, 0.4) is 0 Å². The fourth-order valence-electron chi connectivity index (χ4n) is 4.88. The lowest BCUT2D eigenvalue weighted by Gasteiger charge is -2.36. The Kier molecular flexibility index (Phi) is 7.35. The van der Waals surface area contributed by atoms with Gasteiger partial charge in [0.1, 0.15) is 17.3 Å². The highest BCUT2D eigenvalue weighted by molar-refractivity contribution is 6.11. The molecule has 0 saturated carbocycles. The Balaban J connectivity index is 0.000000968. The maximum Gasteiger partial charge on any atom is 0.229 e. The first kappa shape index (κ1) is 24.2. The number of ketones is 1. The molecule has 2 aromatic carbocycles. The first-order chi connectivity index (χ1) is 15.7. The third kappa shape index (κ3) is 4.84. The van der Waals surface area contributed by atoms with Crippen LogP contribution in [0.2, 0.25) is 0 Å². The quantitative estimate of drug-likeness (QED) is 0.349. The molecule has 1 aliphatic carbocycles. The molecular weight excluding hydrogens is 412 g/mol. The third-order valence-electron chi connectivity index (χ3n) is 6.36. The van der Waals surface area contributed by atoms with Crippen LogP contribution in [-0.2, 0) is 23.2 Å². The number of aromatic nitrogens is 2. The lowest BCUT2D eigenvalue weighted by atomic mass is 9.68. The Bertz CT molecular complexity index is 1180.